The molecular weight excluding hydrogens is 456 g/mol. The number of hydrogen-bond donors (Lipinski definition) is 3. The summed E-state index contributed by atoms with van der Waals surface area (Å²) >= 11 is 6.17. The van der Waals surface area contributed by atoms with Crippen LogP contribution in [-0.4, -0.2) is 84.1 Å². The van der Waals surface area contributed by atoms with E-state index < -0.39 is 6.10 Å². The number of carbonyl (C=O) groups excluding carboxylic acids is 1. The fourth-order valence-corrected chi connectivity index (χ4v) is 5.58. The van der Waals surface area contributed by atoms with Crippen molar-refractivity contribution in [3.63, 3.8) is 0 Å². The molecule has 3 N–H and O–H groups in total. The highest BCUT2D eigenvalue weighted by atomic mass is 35.5. The van der Waals surface area contributed by atoms with E-state index in [4.69, 9.17) is 16.3 Å². The second kappa shape index (κ2) is 8.83. The van der Waals surface area contributed by atoms with Crippen molar-refractivity contribution >= 4 is 29.0 Å². The van der Waals surface area contributed by atoms with Crippen LogP contribution in [0.15, 0.2) is 36.4 Å². The fourth-order valence-electron chi connectivity index (χ4n) is 5.38. The number of β-amino-alcohol motifs (C(OH)–C–C–N with tert-alkyl or cyclic N) is 1. The van der Waals surface area contributed by atoms with E-state index in [-0.39, 0.29) is 23.4 Å². The molecule has 3 aliphatic heterocycles. The molecule has 2 fully saturated rings. The van der Waals surface area contributed by atoms with Crippen LogP contribution in [0.1, 0.15) is 18.4 Å². The molecule has 2 atom stereocenters. The van der Waals surface area contributed by atoms with Crippen LogP contribution in [0.25, 0.3) is 0 Å². The molecule has 5 rings (SSSR count). The molecule has 3 aliphatic rings. The first-order chi connectivity index (χ1) is 16.2. The van der Waals surface area contributed by atoms with E-state index in [2.05, 4.69) is 10.2 Å². The minimum atomic E-state index is -0.533. The van der Waals surface area contributed by atoms with Crippen molar-refractivity contribution in [2.24, 2.45) is 0 Å². The number of benzene rings is 2. The molecule has 8 nitrogen and oxygen atoms in total. The molecule has 3 heterocycles. The first-order valence-electron chi connectivity index (χ1n) is 11.7. The van der Waals surface area contributed by atoms with Crippen molar-refractivity contribution in [3.05, 3.63) is 47.0 Å². The number of nitrogens with zero attached hydrogens (tertiary/aromatic N) is 3. The maximum absolute atomic E-state index is 12.2. The average Bonchev–Trinajstić information content (AvgIpc) is 3.35. The van der Waals surface area contributed by atoms with Gasteiger partial charge in [0.2, 0.25) is 0 Å². The first kappa shape index (κ1) is 23.1. The van der Waals surface area contributed by atoms with Crippen LogP contribution in [-0.2, 0) is 6.42 Å². The summed E-state index contributed by atoms with van der Waals surface area (Å²) in [6, 6.07) is 10.4. The summed E-state index contributed by atoms with van der Waals surface area (Å²) in [6.07, 6.45) is 2.11. The lowest BCUT2D eigenvalue weighted by Crippen LogP contribution is -2.53. The zero-order valence-corrected chi connectivity index (χ0v) is 20.3. The van der Waals surface area contributed by atoms with E-state index in [9.17, 15) is 15.0 Å². The number of nitrogens with one attached hydrogen (secondary N) is 1. The third-order valence-electron chi connectivity index (χ3n) is 7.27. The first-order valence-corrected chi connectivity index (χ1v) is 12.1. The molecule has 0 aromatic heterocycles. The number of aromatic hydroxyl groups is 1. The SMILES string of the molecule is CN(C)C(=O)Nc1ccc(O)cc1N1CC(N2CCC3(CC2)Cc2cc(Cl)ccc2O3)[C@H](O)C1. The van der Waals surface area contributed by atoms with E-state index in [1.807, 2.05) is 23.1 Å². The van der Waals surface area contributed by atoms with E-state index in [1.165, 1.54) is 10.5 Å². The summed E-state index contributed by atoms with van der Waals surface area (Å²) in [5, 5.41) is 24.6. The highest BCUT2D eigenvalue weighted by molar-refractivity contribution is 6.30. The van der Waals surface area contributed by atoms with Gasteiger partial charge in [-0.05, 0) is 35.9 Å². The third-order valence-corrected chi connectivity index (χ3v) is 7.50. The number of urea groups is 1. The van der Waals surface area contributed by atoms with Crippen LogP contribution in [0, 0.1) is 0 Å². The van der Waals surface area contributed by atoms with Gasteiger partial charge in [0.25, 0.3) is 0 Å². The lowest BCUT2D eigenvalue weighted by atomic mass is 9.86. The highest BCUT2D eigenvalue weighted by Gasteiger charge is 2.45. The minimum absolute atomic E-state index is 0.0321. The zero-order valence-electron chi connectivity index (χ0n) is 19.5. The Kier molecular flexibility index (Phi) is 6.00. The molecule has 2 amide bonds. The monoisotopic (exact) mass is 486 g/mol. The number of anilines is 2. The number of phenols is 1. The Morgan fingerprint density at radius 2 is 1.94 bits per heavy atom. The summed E-state index contributed by atoms with van der Waals surface area (Å²) in [5.41, 5.74) is 2.29. The Hall–Kier alpha value is -2.68. The number of amides is 2. The van der Waals surface area contributed by atoms with Gasteiger partial charge in [-0.25, -0.2) is 4.79 Å². The average molecular weight is 487 g/mol. The largest absolute Gasteiger partial charge is 0.508 e. The summed E-state index contributed by atoms with van der Waals surface area (Å²) in [6.45, 7) is 2.71. The lowest BCUT2D eigenvalue weighted by molar-refractivity contribution is -0.0107. The quantitative estimate of drug-likeness (QED) is 0.578. The van der Waals surface area contributed by atoms with Gasteiger partial charge in [-0.1, -0.05) is 11.6 Å². The number of phenolic OH excluding ortho intramolecular Hbond substituents is 1. The van der Waals surface area contributed by atoms with Crippen LogP contribution in [0.3, 0.4) is 0 Å². The molecule has 9 heteroatoms. The normalized spacial score (nSPS) is 23.6. The highest BCUT2D eigenvalue weighted by Crippen LogP contribution is 2.43. The van der Waals surface area contributed by atoms with Gasteiger partial charge < -0.3 is 30.1 Å². The number of fused-ring (bicyclic) bond motifs is 1. The van der Waals surface area contributed by atoms with E-state index in [0.717, 1.165) is 43.1 Å². The van der Waals surface area contributed by atoms with Gasteiger partial charge in [-0.2, -0.15) is 0 Å². The molecular formula is C25H31ClN4O4. The lowest BCUT2D eigenvalue weighted by Gasteiger charge is -2.41. The van der Waals surface area contributed by atoms with Gasteiger partial charge in [0, 0.05) is 70.6 Å². The zero-order chi connectivity index (χ0) is 24.0. The van der Waals surface area contributed by atoms with Gasteiger partial charge in [0.15, 0.2) is 0 Å². The number of hydrogen-bond acceptors (Lipinski definition) is 6. The number of aliphatic hydroxyl groups is 1. The van der Waals surface area contributed by atoms with Gasteiger partial charge in [0.1, 0.15) is 17.1 Å². The van der Waals surface area contributed by atoms with E-state index >= 15 is 0 Å². The molecule has 1 spiro atoms. The summed E-state index contributed by atoms with van der Waals surface area (Å²) in [4.78, 5) is 18.1. The van der Waals surface area contributed by atoms with Gasteiger partial charge >= 0.3 is 6.03 Å². The molecule has 2 aromatic carbocycles. The van der Waals surface area contributed by atoms with Crippen molar-refractivity contribution in [2.45, 2.75) is 37.0 Å². The maximum atomic E-state index is 12.2. The number of halogens is 1. The Bertz CT molecular complexity index is 1090. The third kappa shape index (κ3) is 4.37. The fraction of sp³-hybridized carbons (Fsp3) is 0.480. The van der Waals surface area contributed by atoms with Crippen LogP contribution in [0.2, 0.25) is 5.02 Å². The van der Waals surface area contributed by atoms with Crippen molar-refractivity contribution in [2.75, 3.05) is 50.5 Å². The molecule has 2 saturated heterocycles. The predicted molar refractivity (Wildman–Crippen MR) is 132 cm³/mol. The van der Waals surface area contributed by atoms with Gasteiger partial charge in [-0.15, -0.1) is 0 Å². The molecule has 182 valence electrons. The van der Waals surface area contributed by atoms with Crippen LogP contribution in [0.4, 0.5) is 16.2 Å². The molecule has 0 aliphatic carbocycles. The Labute approximate surface area is 204 Å². The topological polar surface area (TPSA) is 88.5 Å². The number of ether oxygens (including phenoxy) is 1. The maximum Gasteiger partial charge on any atom is 0.321 e. The van der Waals surface area contributed by atoms with Crippen molar-refractivity contribution < 1.29 is 19.7 Å². The van der Waals surface area contributed by atoms with E-state index in [1.54, 1.807) is 32.3 Å². The van der Waals surface area contributed by atoms with Crippen molar-refractivity contribution in [3.8, 4) is 11.5 Å². The summed E-state index contributed by atoms with van der Waals surface area (Å²) in [7, 11) is 3.35. The minimum Gasteiger partial charge on any atom is -0.508 e. The van der Waals surface area contributed by atoms with Crippen LogP contribution in [0.5, 0.6) is 11.5 Å². The summed E-state index contributed by atoms with van der Waals surface area (Å²) in [5.74, 6) is 1.05. The number of piperidine rings is 1. The Morgan fingerprint density at radius 1 is 1.18 bits per heavy atom. The second-order valence-electron chi connectivity index (χ2n) is 9.82. The smallest absolute Gasteiger partial charge is 0.321 e. The van der Waals surface area contributed by atoms with E-state index in [0.29, 0.717) is 24.5 Å². The number of likely N-dealkylation sites (tertiary alicyclic amines) is 1. The molecule has 0 saturated carbocycles. The molecule has 0 radical (unpaired) electrons. The Morgan fingerprint density at radius 3 is 2.68 bits per heavy atom. The number of rotatable bonds is 3. The van der Waals surface area contributed by atoms with Gasteiger partial charge in [0.05, 0.1) is 23.5 Å². The standard InChI is InChI=1S/C25H31ClN4O4/c1-28(2)24(33)27-19-5-4-18(31)12-20(19)30-14-21(22(32)15-30)29-9-7-25(8-10-29)13-16-11-17(26)3-6-23(16)34-25/h3-6,11-12,21-22,31-32H,7-10,13-15H2,1-2H3,(H,27,33)/t21?,22-/m1/s1. The van der Waals surface area contributed by atoms with Crippen LogP contribution >= 0.6 is 11.6 Å². The van der Waals surface area contributed by atoms with Crippen molar-refractivity contribution in [1.29, 1.82) is 0 Å². The summed E-state index contributed by atoms with van der Waals surface area (Å²) < 4.78 is 6.37. The predicted octanol–water partition coefficient (Wildman–Crippen LogP) is 3.16. The Balaban J connectivity index is 1.26. The van der Waals surface area contributed by atoms with Crippen LogP contribution < -0.4 is 15.0 Å². The molecule has 0 bridgehead atoms. The molecule has 2 aromatic rings. The second-order valence-corrected chi connectivity index (χ2v) is 10.3. The number of aliphatic hydroxyl groups excluding tert-OH is 1. The van der Waals surface area contributed by atoms with Crippen molar-refractivity contribution in [1.82, 2.24) is 9.80 Å². The number of carbonyl (C=O) groups is 1. The van der Waals surface area contributed by atoms with Gasteiger partial charge in [-0.3, -0.25) is 4.90 Å². The molecule has 34 heavy (non-hydrogen) atoms. The molecule has 1 unspecified atom stereocenters.